The van der Waals surface area contributed by atoms with Crippen LogP contribution in [0.4, 0.5) is 10.1 Å². The zero-order valence-corrected chi connectivity index (χ0v) is 19.7. The number of imidazole rings is 1. The molecule has 3 heterocycles. The maximum absolute atomic E-state index is 13.2. The maximum atomic E-state index is 13.2. The van der Waals surface area contributed by atoms with Gasteiger partial charge in [-0.15, -0.1) is 0 Å². The largest absolute Gasteiger partial charge is 0.476 e. The molecule has 0 aliphatic carbocycles. The van der Waals surface area contributed by atoms with E-state index in [0.29, 0.717) is 49.7 Å². The Morgan fingerprint density at radius 2 is 2.03 bits per heavy atom. The number of benzene rings is 2. The molecule has 7 nitrogen and oxygen atoms in total. The number of aromatic nitrogens is 2. The monoisotopic (exact) mass is 483 g/mol. The van der Waals surface area contributed by atoms with Gasteiger partial charge in [-0.1, -0.05) is 23.7 Å². The second-order valence-electron chi connectivity index (χ2n) is 9.20. The highest BCUT2D eigenvalue weighted by atomic mass is 35.5. The molecule has 9 heteroatoms. The van der Waals surface area contributed by atoms with Crippen LogP contribution in [0.25, 0.3) is 5.69 Å². The number of likely N-dealkylation sites (tertiary alicyclic amines) is 1. The second-order valence-corrected chi connectivity index (χ2v) is 9.61. The number of fused-ring (bicyclic) bond motifs is 1. The topological polar surface area (TPSA) is 85.4 Å². The summed E-state index contributed by atoms with van der Waals surface area (Å²) in [7, 11) is 0. The standard InChI is InChI=1S/C25H27ClFN5O2/c1-16-14-32(15-30-16)21-11-22-20(10-19(21)26)29-13-23(34-22)24(33)31-8-6-25(28,7-9-31)12-17-2-4-18(27)5-3-17/h2-5,10-11,14-15,23,29H,6-9,12-13,28H2,1H3. The Balaban J connectivity index is 1.24. The second kappa shape index (κ2) is 8.92. The fourth-order valence-corrected chi connectivity index (χ4v) is 4.89. The number of carbonyl (C=O) groups excluding carboxylic acids is 1. The van der Waals surface area contributed by atoms with Gasteiger partial charge in [0.2, 0.25) is 0 Å². The molecule has 3 N–H and O–H groups in total. The molecule has 1 unspecified atom stereocenters. The van der Waals surface area contributed by atoms with Crippen molar-refractivity contribution in [2.75, 3.05) is 25.0 Å². The minimum atomic E-state index is -0.631. The smallest absolute Gasteiger partial charge is 0.265 e. The molecular weight excluding hydrogens is 457 g/mol. The number of halogens is 2. The predicted octanol–water partition coefficient (Wildman–Crippen LogP) is 3.71. The van der Waals surface area contributed by atoms with Crippen LogP contribution in [0.1, 0.15) is 24.1 Å². The van der Waals surface area contributed by atoms with Crippen LogP contribution in [-0.2, 0) is 11.2 Å². The van der Waals surface area contributed by atoms with Gasteiger partial charge < -0.3 is 25.3 Å². The fraction of sp³-hybridized carbons (Fsp3) is 0.360. The average Bonchev–Trinajstić information content (AvgIpc) is 3.26. The minimum absolute atomic E-state index is 0.0584. The lowest BCUT2D eigenvalue weighted by molar-refractivity contribution is -0.139. The molecular formula is C25H27ClFN5O2. The molecule has 1 atom stereocenters. The first-order valence-electron chi connectivity index (χ1n) is 11.4. The minimum Gasteiger partial charge on any atom is -0.476 e. The Labute approximate surface area is 202 Å². The number of hydrogen-bond acceptors (Lipinski definition) is 5. The van der Waals surface area contributed by atoms with Gasteiger partial charge in [0.25, 0.3) is 5.91 Å². The van der Waals surface area contributed by atoms with Gasteiger partial charge in [-0.05, 0) is 49.9 Å². The predicted molar refractivity (Wildman–Crippen MR) is 129 cm³/mol. The lowest BCUT2D eigenvalue weighted by Crippen LogP contribution is -2.56. The van der Waals surface area contributed by atoms with Crippen LogP contribution in [0, 0.1) is 12.7 Å². The lowest BCUT2D eigenvalue weighted by Gasteiger charge is -2.41. The Bertz CT molecular complexity index is 1200. The first kappa shape index (κ1) is 22.7. The number of rotatable bonds is 4. The summed E-state index contributed by atoms with van der Waals surface area (Å²) in [5.41, 5.74) is 9.59. The maximum Gasteiger partial charge on any atom is 0.265 e. The van der Waals surface area contributed by atoms with Gasteiger partial charge in [0, 0.05) is 30.9 Å². The van der Waals surface area contributed by atoms with E-state index in [2.05, 4.69) is 10.3 Å². The SMILES string of the molecule is Cc1cn(-c2cc3c(cc2Cl)NCC(C(=O)N2CCC(N)(Cc4ccc(F)cc4)CC2)O3)cn1. The van der Waals surface area contributed by atoms with Crippen molar-refractivity contribution in [1.82, 2.24) is 14.5 Å². The van der Waals surface area contributed by atoms with E-state index < -0.39 is 11.6 Å². The normalized spacial score (nSPS) is 19.2. The van der Waals surface area contributed by atoms with Crippen molar-refractivity contribution >= 4 is 23.2 Å². The first-order chi connectivity index (χ1) is 16.3. The van der Waals surface area contributed by atoms with E-state index in [4.69, 9.17) is 22.1 Å². The van der Waals surface area contributed by atoms with E-state index in [1.54, 1.807) is 24.5 Å². The fourth-order valence-electron chi connectivity index (χ4n) is 4.63. The molecule has 0 spiro atoms. The summed E-state index contributed by atoms with van der Waals surface area (Å²) in [6, 6.07) is 10.1. The number of nitrogens with one attached hydrogen (secondary N) is 1. The molecule has 0 saturated carbocycles. The molecule has 0 bridgehead atoms. The summed E-state index contributed by atoms with van der Waals surface area (Å²) in [5, 5.41) is 3.84. The number of aryl methyl sites for hydroxylation is 1. The van der Waals surface area contributed by atoms with Gasteiger partial charge in [-0.3, -0.25) is 4.79 Å². The van der Waals surface area contributed by atoms with E-state index in [-0.39, 0.29) is 11.7 Å². The summed E-state index contributed by atoms with van der Waals surface area (Å²) in [4.78, 5) is 19.3. The molecule has 1 saturated heterocycles. The van der Waals surface area contributed by atoms with E-state index in [1.807, 2.05) is 28.7 Å². The van der Waals surface area contributed by atoms with Gasteiger partial charge >= 0.3 is 0 Å². The molecule has 1 fully saturated rings. The zero-order valence-electron chi connectivity index (χ0n) is 18.9. The highest BCUT2D eigenvalue weighted by molar-refractivity contribution is 6.32. The van der Waals surface area contributed by atoms with E-state index in [9.17, 15) is 9.18 Å². The third kappa shape index (κ3) is 4.60. The summed E-state index contributed by atoms with van der Waals surface area (Å²) in [6.07, 6.45) is 4.94. The molecule has 5 rings (SSSR count). The molecule has 2 aliphatic rings. The number of nitrogens with two attached hydrogens (primary N) is 1. The summed E-state index contributed by atoms with van der Waals surface area (Å²) in [5.74, 6) is 0.265. The third-order valence-corrected chi connectivity index (χ3v) is 6.90. The molecule has 1 aromatic heterocycles. The number of hydrogen-bond donors (Lipinski definition) is 2. The van der Waals surface area contributed by atoms with Crippen molar-refractivity contribution in [2.24, 2.45) is 5.73 Å². The summed E-state index contributed by atoms with van der Waals surface area (Å²) >= 11 is 6.47. The number of amides is 1. The van der Waals surface area contributed by atoms with Crippen LogP contribution in [0.5, 0.6) is 5.75 Å². The van der Waals surface area contributed by atoms with Crippen LogP contribution in [0.2, 0.25) is 5.02 Å². The zero-order chi connectivity index (χ0) is 23.9. The quantitative estimate of drug-likeness (QED) is 0.591. The number of carbonyl (C=O) groups is 1. The van der Waals surface area contributed by atoms with Crippen molar-refractivity contribution in [2.45, 2.75) is 37.8 Å². The van der Waals surface area contributed by atoms with Crippen LogP contribution in [-0.4, -0.2) is 51.6 Å². The van der Waals surface area contributed by atoms with Crippen molar-refractivity contribution in [3.8, 4) is 11.4 Å². The van der Waals surface area contributed by atoms with Crippen LogP contribution in [0.3, 0.4) is 0 Å². The summed E-state index contributed by atoms with van der Waals surface area (Å²) in [6.45, 7) is 3.39. The van der Waals surface area contributed by atoms with Gasteiger partial charge in [0.15, 0.2) is 6.10 Å². The van der Waals surface area contributed by atoms with Crippen LogP contribution in [0.15, 0.2) is 48.9 Å². The van der Waals surface area contributed by atoms with Gasteiger partial charge in [-0.2, -0.15) is 0 Å². The Kier molecular flexibility index (Phi) is 5.95. The van der Waals surface area contributed by atoms with E-state index >= 15 is 0 Å². The molecule has 34 heavy (non-hydrogen) atoms. The van der Waals surface area contributed by atoms with Crippen molar-refractivity contribution < 1.29 is 13.9 Å². The molecule has 178 valence electrons. The van der Waals surface area contributed by atoms with E-state index in [1.165, 1.54) is 12.1 Å². The van der Waals surface area contributed by atoms with Crippen LogP contribution >= 0.6 is 11.6 Å². The highest BCUT2D eigenvalue weighted by Gasteiger charge is 2.36. The number of nitrogens with zero attached hydrogens (tertiary/aromatic N) is 3. The Morgan fingerprint density at radius 1 is 1.29 bits per heavy atom. The Morgan fingerprint density at radius 3 is 2.71 bits per heavy atom. The highest BCUT2D eigenvalue weighted by Crippen LogP contribution is 2.37. The first-order valence-corrected chi connectivity index (χ1v) is 11.7. The molecule has 2 aromatic carbocycles. The lowest BCUT2D eigenvalue weighted by atomic mass is 9.82. The van der Waals surface area contributed by atoms with Crippen LogP contribution < -0.4 is 15.8 Å². The number of anilines is 1. The van der Waals surface area contributed by atoms with Gasteiger partial charge in [0.1, 0.15) is 11.6 Å². The molecule has 1 amide bonds. The van der Waals surface area contributed by atoms with Crippen molar-refractivity contribution in [3.05, 3.63) is 71.0 Å². The molecule has 0 radical (unpaired) electrons. The molecule has 3 aromatic rings. The number of ether oxygens (including phenoxy) is 1. The average molecular weight is 484 g/mol. The number of piperidine rings is 1. The molecule has 2 aliphatic heterocycles. The van der Waals surface area contributed by atoms with Crippen molar-refractivity contribution in [3.63, 3.8) is 0 Å². The van der Waals surface area contributed by atoms with E-state index in [0.717, 1.165) is 22.6 Å². The van der Waals surface area contributed by atoms with Gasteiger partial charge in [0.05, 0.1) is 35.0 Å². The Hall–Kier alpha value is -3.10. The summed E-state index contributed by atoms with van der Waals surface area (Å²) < 4.78 is 21.1. The van der Waals surface area contributed by atoms with Gasteiger partial charge in [-0.25, -0.2) is 9.37 Å². The van der Waals surface area contributed by atoms with Crippen molar-refractivity contribution in [1.29, 1.82) is 0 Å². The third-order valence-electron chi connectivity index (χ3n) is 6.60.